The number of hydrogen-bond acceptors (Lipinski definition) is 3. The summed E-state index contributed by atoms with van der Waals surface area (Å²) >= 11 is 0. The third-order valence-electron chi connectivity index (χ3n) is 4.80. The molecule has 1 saturated carbocycles. The Morgan fingerprint density at radius 2 is 1.90 bits per heavy atom. The van der Waals surface area contributed by atoms with Gasteiger partial charge in [-0.15, -0.1) is 0 Å². The molecule has 3 heteroatoms. The van der Waals surface area contributed by atoms with Gasteiger partial charge in [-0.2, -0.15) is 0 Å². The van der Waals surface area contributed by atoms with E-state index in [1.54, 1.807) is 0 Å². The molecule has 2 aliphatic rings. The van der Waals surface area contributed by atoms with E-state index in [-0.39, 0.29) is 0 Å². The Labute approximate surface area is 122 Å². The number of nitrogens with one attached hydrogen (secondary N) is 1. The minimum atomic E-state index is 0.719. The standard InChI is InChI=1S/C17H27N3/c1-2-15(13-14-3-4-14)19-16-7-11-20(12-8-16)17-5-9-18-10-6-17/h5-6,9-10,14-16,19H,2-4,7-8,11-13H2,1H3. The van der Waals surface area contributed by atoms with Crippen LogP contribution in [-0.4, -0.2) is 30.2 Å². The third-order valence-corrected chi connectivity index (χ3v) is 4.80. The maximum absolute atomic E-state index is 4.10. The summed E-state index contributed by atoms with van der Waals surface area (Å²) in [7, 11) is 0. The van der Waals surface area contributed by atoms with Crippen molar-refractivity contribution in [2.24, 2.45) is 5.92 Å². The molecule has 0 radical (unpaired) electrons. The van der Waals surface area contributed by atoms with Gasteiger partial charge < -0.3 is 10.2 Å². The Hall–Kier alpha value is -1.09. The average molecular weight is 273 g/mol. The maximum atomic E-state index is 4.10. The van der Waals surface area contributed by atoms with Gasteiger partial charge in [-0.3, -0.25) is 4.98 Å². The molecular weight excluding hydrogens is 246 g/mol. The predicted molar refractivity (Wildman–Crippen MR) is 84.0 cm³/mol. The van der Waals surface area contributed by atoms with Gasteiger partial charge in [0.05, 0.1) is 0 Å². The smallest absolute Gasteiger partial charge is 0.0397 e. The van der Waals surface area contributed by atoms with Crippen LogP contribution in [0.25, 0.3) is 0 Å². The number of piperidine rings is 1. The molecule has 1 atom stereocenters. The van der Waals surface area contributed by atoms with Gasteiger partial charge >= 0.3 is 0 Å². The fourth-order valence-electron chi connectivity index (χ4n) is 3.30. The van der Waals surface area contributed by atoms with Crippen molar-refractivity contribution in [3.05, 3.63) is 24.5 Å². The molecule has 1 saturated heterocycles. The lowest BCUT2D eigenvalue weighted by atomic mass is 10.0. The van der Waals surface area contributed by atoms with Crippen LogP contribution in [0.1, 0.15) is 45.4 Å². The van der Waals surface area contributed by atoms with Crippen molar-refractivity contribution in [1.29, 1.82) is 0 Å². The fourth-order valence-corrected chi connectivity index (χ4v) is 3.30. The first-order valence-corrected chi connectivity index (χ1v) is 8.26. The summed E-state index contributed by atoms with van der Waals surface area (Å²) in [6, 6.07) is 5.71. The molecule has 3 rings (SSSR count). The molecular formula is C17H27N3. The second-order valence-electron chi connectivity index (χ2n) is 6.42. The summed E-state index contributed by atoms with van der Waals surface area (Å²) in [5, 5.41) is 3.91. The van der Waals surface area contributed by atoms with Crippen molar-refractivity contribution >= 4 is 5.69 Å². The van der Waals surface area contributed by atoms with Crippen LogP contribution in [0.4, 0.5) is 5.69 Å². The highest BCUT2D eigenvalue weighted by Crippen LogP contribution is 2.34. The van der Waals surface area contributed by atoms with Crippen LogP contribution in [0.15, 0.2) is 24.5 Å². The van der Waals surface area contributed by atoms with E-state index in [9.17, 15) is 0 Å². The van der Waals surface area contributed by atoms with E-state index in [1.807, 2.05) is 12.4 Å². The van der Waals surface area contributed by atoms with Gasteiger partial charge in [-0.05, 0) is 43.7 Å². The van der Waals surface area contributed by atoms with Crippen molar-refractivity contribution < 1.29 is 0 Å². The van der Waals surface area contributed by atoms with E-state index in [0.29, 0.717) is 0 Å². The van der Waals surface area contributed by atoms with Crippen LogP contribution >= 0.6 is 0 Å². The number of rotatable bonds is 6. The molecule has 1 aliphatic heterocycles. The van der Waals surface area contributed by atoms with Gasteiger partial charge in [-0.1, -0.05) is 19.8 Å². The number of pyridine rings is 1. The largest absolute Gasteiger partial charge is 0.371 e. The van der Waals surface area contributed by atoms with Gasteiger partial charge in [-0.25, -0.2) is 0 Å². The highest BCUT2D eigenvalue weighted by atomic mass is 15.1. The van der Waals surface area contributed by atoms with Crippen LogP contribution in [0, 0.1) is 5.92 Å². The Bertz CT molecular complexity index is 394. The average Bonchev–Trinajstić information content (AvgIpc) is 3.32. The molecule has 0 spiro atoms. The highest BCUT2D eigenvalue weighted by Gasteiger charge is 2.27. The quantitative estimate of drug-likeness (QED) is 0.862. The summed E-state index contributed by atoms with van der Waals surface area (Å²) in [6.45, 7) is 4.66. The van der Waals surface area contributed by atoms with E-state index in [4.69, 9.17) is 0 Å². The summed E-state index contributed by atoms with van der Waals surface area (Å²) < 4.78 is 0. The SMILES string of the molecule is CCC(CC1CC1)NC1CCN(c2ccncc2)CC1. The molecule has 2 fully saturated rings. The van der Waals surface area contributed by atoms with Crippen molar-refractivity contribution in [1.82, 2.24) is 10.3 Å². The zero-order valence-electron chi connectivity index (χ0n) is 12.6. The van der Waals surface area contributed by atoms with Gasteiger partial charge in [0.1, 0.15) is 0 Å². The Morgan fingerprint density at radius 1 is 1.20 bits per heavy atom. The van der Waals surface area contributed by atoms with E-state index >= 15 is 0 Å². The summed E-state index contributed by atoms with van der Waals surface area (Å²) in [5.74, 6) is 1.03. The second-order valence-corrected chi connectivity index (χ2v) is 6.42. The highest BCUT2D eigenvalue weighted by molar-refractivity contribution is 5.44. The van der Waals surface area contributed by atoms with Gasteiger partial charge in [0.2, 0.25) is 0 Å². The summed E-state index contributed by atoms with van der Waals surface area (Å²) in [4.78, 5) is 6.59. The number of anilines is 1. The molecule has 3 nitrogen and oxygen atoms in total. The summed E-state index contributed by atoms with van der Waals surface area (Å²) in [6.07, 6.45) is 11.9. The van der Waals surface area contributed by atoms with Gasteiger partial charge in [0.15, 0.2) is 0 Å². The molecule has 0 aromatic carbocycles. The minimum absolute atomic E-state index is 0.719. The van der Waals surface area contributed by atoms with E-state index in [2.05, 4.69) is 34.3 Å². The molecule has 20 heavy (non-hydrogen) atoms. The summed E-state index contributed by atoms with van der Waals surface area (Å²) in [5.41, 5.74) is 1.32. The normalized spacial score (nSPS) is 21.9. The van der Waals surface area contributed by atoms with Crippen LogP contribution in [-0.2, 0) is 0 Å². The van der Waals surface area contributed by atoms with E-state index in [0.717, 1.165) is 18.0 Å². The van der Waals surface area contributed by atoms with Gasteiger partial charge in [0.25, 0.3) is 0 Å². The maximum Gasteiger partial charge on any atom is 0.0397 e. The fraction of sp³-hybridized carbons (Fsp3) is 0.706. The Kier molecular flexibility index (Phi) is 4.56. The molecule has 110 valence electrons. The number of aromatic nitrogens is 1. The molecule has 1 unspecified atom stereocenters. The zero-order chi connectivity index (χ0) is 13.8. The van der Waals surface area contributed by atoms with E-state index in [1.165, 1.54) is 57.3 Å². The molecule has 0 bridgehead atoms. The minimum Gasteiger partial charge on any atom is -0.371 e. The molecule has 0 amide bonds. The monoisotopic (exact) mass is 273 g/mol. The molecule has 1 aliphatic carbocycles. The van der Waals surface area contributed by atoms with Crippen LogP contribution in [0.5, 0.6) is 0 Å². The Balaban J connectivity index is 1.45. The first kappa shape index (κ1) is 13.9. The van der Waals surface area contributed by atoms with Crippen molar-refractivity contribution in [2.45, 2.75) is 57.5 Å². The molecule has 1 N–H and O–H groups in total. The number of nitrogens with zero attached hydrogens (tertiary/aromatic N) is 2. The van der Waals surface area contributed by atoms with Crippen molar-refractivity contribution in [2.75, 3.05) is 18.0 Å². The van der Waals surface area contributed by atoms with Gasteiger partial charge in [0, 0.05) is 43.3 Å². The van der Waals surface area contributed by atoms with Crippen LogP contribution in [0.3, 0.4) is 0 Å². The first-order chi connectivity index (χ1) is 9.85. The third kappa shape index (κ3) is 3.72. The van der Waals surface area contributed by atoms with Crippen molar-refractivity contribution in [3.63, 3.8) is 0 Å². The van der Waals surface area contributed by atoms with Crippen molar-refractivity contribution in [3.8, 4) is 0 Å². The molecule has 1 aromatic heterocycles. The number of hydrogen-bond donors (Lipinski definition) is 1. The molecule has 2 heterocycles. The second kappa shape index (κ2) is 6.57. The lowest BCUT2D eigenvalue weighted by molar-refractivity contribution is 0.340. The van der Waals surface area contributed by atoms with Crippen LogP contribution < -0.4 is 10.2 Å². The predicted octanol–water partition coefficient (Wildman–Crippen LogP) is 3.22. The zero-order valence-corrected chi connectivity index (χ0v) is 12.6. The topological polar surface area (TPSA) is 28.2 Å². The molecule has 1 aromatic rings. The lowest BCUT2D eigenvalue weighted by Gasteiger charge is -2.35. The van der Waals surface area contributed by atoms with E-state index < -0.39 is 0 Å². The Morgan fingerprint density at radius 3 is 2.50 bits per heavy atom. The first-order valence-electron chi connectivity index (χ1n) is 8.26. The lowest BCUT2D eigenvalue weighted by Crippen LogP contribution is -2.46. The van der Waals surface area contributed by atoms with Crippen LogP contribution in [0.2, 0.25) is 0 Å².